The van der Waals surface area contributed by atoms with Crippen LogP contribution in [0.1, 0.15) is 43.2 Å². The molecule has 1 unspecified atom stereocenters. The molecule has 5 nitrogen and oxygen atoms in total. The number of rotatable bonds is 5. The second kappa shape index (κ2) is 8.24. The van der Waals surface area contributed by atoms with Crippen molar-refractivity contribution in [2.75, 3.05) is 39.4 Å². The summed E-state index contributed by atoms with van der Waals surface area (Å²) in [4.78, 5) is 29.5. The molecular formula is C23H32N2O3. The van der Waals surface area contributed by atoms with Crippen LogP contribution in [0.2, 0.25) is 0 Å². The number of benzene rings is 1. The molecule has 0 radical (unpaired) electrons. The van der Waals surface area contributed by atoms with Crippen LogP contribution in [0.25, 0.3) is 0 Å². The molecule has 1 saturated carbocycles. The summed E-state index contributed by atoms with van der Waals surface area (Å²) >= 11 is 0. The maximum absolute atomic E-state index is 12.9. The molecule has 1 aromatic carbocycles. The van der Waals surface area contributed by atoms with Crippen LogP contribution in [0.4, 0.5) is 0 Å². The van der Waals surface area contributed by atoms with E-state index in [1.165, 1.54) is 24.8 Å². The fraction of sp³-hybridized carbons (Fsp3) is 0.652. The van der Waals surface area contributed by atoms with Gasteiger partial charge < -0.3 is 14.5 Å². The zero-order valence-electron chi connectivity index (χ0n) is 17.0. The molecule has 3 aliphatic rings. The summed E-state index contributed by atoms with van der Waals surface area (Å²) in [5, 5.41) is 0. The Morgan fingerprint density at radius 3 is 2.43 bits per heavy atom. The third kappa shape index (κ3) is 4.09. The van der Waals surface area contributed by atoms with E-state index < -0.39 is 0 Å². The average Bonchev–Trinajstić information content (AvgIpc) is 3.09. The summed E-state index contributed by atoms with van der Waals surface area (Å²) in [6, 6.07) is 8.25. The van der Waals surface area contributed by atoms with Gasteiger partial charge in [-0.2, -0.15) is 0 Å². The van der Waals surface area contributed by atoms with Crippen LogP contribution in [0, 0.1) is 18.3 Å². The first-order chi connectivity index (χ1) is 13.6. The van der Waals surface area contributed by atoms with Crippen molar-refractivity contribution in [2.24, 2.45) is 11.3 Å². The maximum Gasteiger partial charge on any atom is 0.227 e. The molecule has 3 fully saturated rings. The van der Waals surface area contributed by atoms with Crippen molar-refractivity contribution in [3.63, 3.8) is 0 Å². The van der Waals surface area contributed by atoms with Crippen molar-refractivity contribution >= 4 is 11.8 Å². The Kier molecular flexibility index (Phi) is 5.72. The highest BCUT2D eigenvalue weighted by Gasteiger charge is 2.50. The number of amides is 2. The number of carbonyl (C=O) groups excluding carboxylic acids is 2. The molecule has 2 heterocycles. The minimum atomic E-state index is 0.233. The lowest BCUT2D eigenvalue weighted by Gasteiger charge is -2.43. The zero-order chi connectivity index (χ0) is 19.6. The summed E-state index contributed by atoms with van der Waals surface area (Å²) in [6.45, 7) is 6.51. The van der Waals surface area contributed by atoms with Crippen LogP contribution in [0.3, 0.4) is 0 Å². The van der Waals surface area contributed by atoms with Gasteiger partial charge in [0.1, 0.15) is 0 Å². The van der Waals surface area contributed by atoms with E-state index in [9.17, 15) is 9.59 Å². The monoisotopic (exact) mass is 384 g/mol. The Balaban J connectivity index is 1.33. The fourth-order valence-corrected chi connectivity index (χ4v) is 5.08. The number of likely N-dealkylation sites (tertiary alicyclic amines) is 1. The quantitative estimate of drug-likeness (QED) is 0.784. The standard InChI is InChI=1S/C23H32N2O3/c1-18-3-5-19(6-4-18)15-22(27)25-16-20(23(17-25)9-2-10-23)7-8-21(26)24-11-13-28-14-12-24/h3-6,20H,2,7-17H2,1H3. The van der Waals surface area contributed by atoms with E-state index in [-0.39, 0.29) is 17.2 Å². The molecule has 2 saturated heterocycles. The molecule has 2 aliphatic heterocycles. The first-order valence-electron chi connectivity index (χ1n) is 10.7. The highest BCUT2D eigenvalue weighted by atomic mass is 16.5. The highest BCUT2D eigenvalue weighted by Crippen LogP contribution is 2.53. The van der Waals surface area contributed by atoms with Crippen molar-refractivity contribution in [3.8, 4) is 0 Å². The van der Waals surface area contributed by atoms with Crippen LogP contribution >= 0.6 is 0 Å². The largest absolute Gasteiger partial charge is 0.378 e. The van der Waals surface area contributed by atoms with Crippen LogP contribution < -0.4 is 0 Å². The molecule has 2 amide bonds. The Labute approximate surface area is 168 Å². The van der Waals surface area contributed by atoms with Crippen molar-refractivity contribution in [1.82, 2.24) is 9.80 Å². The van der Waals surface area contributed by atoms with Gasteiger partial charge in [-0.3, -0.25) is 9.59 Å². The summed E-state index contributed by atoms with van der Waals surface area (Å²) in [6.07, 6.45) is 5.66. The molecule has 4 rings (SSSR count). The Morgan fingerprint density at radius 1 is 1.07 bits per heavy atom. The Bertz CT molecular complexity index is 705. The molecule has 0 N–H and O–H groups in total. The van der Waals surface area contributed by atoms with Gasteiger partial charge >= 0.3 is 0 Å². The molecule has 1 atom stereocenters. The van der Waals surface area contributed by atoms with Gasteiger partial charge in [-0.25, -0.2) is 0 Å². The number of morpholine rings is 1. The van der Waals surface area contributed by atoms with Crippen LogP contribution in [-0.4, -0.2) is 61.0 Å². The first-order valence-corrected chi connectivity index (χ1v) is 10.7. The highest BCUT2D eigenvalue weighted by molar-refractivity contribution is 5.79. The normalized spacial score (nSPS) is 23.7. The van der Waals surface area contributed by atoms with Gasteiger partial charge in [-0.15, -0.1) is 0 Å². The van der Waals surface area contributed by atoms with E-state index in [0.29, 0.717) is 32.0 Å². The molecule has 0 bridgehead atoms. The number of carbonyl (C=O) groups is 2. The smallest absolute Gasteiger partial charge is 0.227 e. The fourth-order valence-electron chi connectivity index (χ4n) is 5.08. The molecule has 152 valence electrons. The van der Waals surface area contributed by atoms with Crippen LogP contribution in [0.5, 0.6) is 0 Å². The van der Waals surface area contributed by atoms with E-state index >= 15 is 0 Å². The minimum Gasteiger partial charge on any atom is -0.378 e. The molecule has 1 aromatic rings. The van der Waals surface area contributed by atoms with Crippen molar-refractivity contribution in [1.29, 1.82) is 0 Å². The molecule has 5 heteroatoms. The Hall–Kier alpha value is -1.88. The summed E-state index contributed by atoms with van der Waals surface area (Å²) < 4.78 is 5.35. The van der Waals surface area contributed by atoms with Gasteiger partial charge in [0.05, 0.1) is 19.6 Å². The average molecular weight is 385 g/mol. The van der Waals surface area contributed by atoms with Crippen molar-refractivity contribution < 1.29 is 14.3 Å². The SMILES string of the molecule is Cc1ccc(CC(=O)N2CC(CCC(=O)N3CCOCC3)C3(CCC3)C2)cc1. The second-order valence-corrected chi connectivity index (χ2v) is 8.88. The van der Waals surface area contributed by atoms with E-state index in [1.807, 2.05) is 4.90 Å². The summed E-state index contributed by atoms with van der Waals surface area (Å²) in [5.41, 5.74) is 2.58. The molecule has 1 aliphatic carbocycles. The number of aryl methyl sites for hydroxylation is 1. The van der Waals surface area contributed by atoms with Gasteiger partial charge in [-0.1, -0.05) is 36.2 Å². The van der Waals surface area contributed by atoms with Crippen molar-refractivity contribution in [2.45, 2.75) is 45.4 Å². The van der Waals surface area contributed by atoms with Gasteiger partial charge in [-0.05, 0) is 43.1 Å². The first kappa shape index (κ1) is 19.4. The van der Waals surface area contributed by atoms with E-state index in [0.717, 1.165) is 38.2 Å². The third-order valence-electron chi connectivity index (χ3n) is 7.06. The van der Waals surface area contributed by atoms with Crippen LogP contribution in [-0.2, 0) is 20.7 Å². The maximum atomic E-state index is 12.9. The van der Waals surface area contributed by atoms with Gasteiger partial charge in [0, 0.05) is 32.6 Å². The number of ether oxygens (including phenoxy) is 1. The summed E-state index contributed by atoms with van der Waals surface area (Å²) in [5.74, 6) is 0.951. The molecule has 1 spiro atoms. The molecule has 28 heavy (non-hydrogen) atoms. The third-order valence-corrected chi connectivity index (χ3v) is 7.06. The molecule has 0 aromatic heterocycles. The lowest BCUT2D eigenvalue weighted by Crippen LogP contribution is -2.42. The van der Waals surface area contributed by atoms with E-state index in [1.54, 1.807) is 0 Å². The van der Waals surface area contributed by atoms with Crippen LogP contribution in [0.15, 0.2) is 24.3 Å². The van der Waals surface area contributed by atoms with Gasteiger partial charge in [0.2, 0.25) is 11.8 Å². The number of hydrogen-bond acceptors (Lipinski definition) is 3. The van der Waals surface area contributed by atoms with Gasteiger partial charge in [0.25, 0.3) is 0 Å². The second-order valence-electron chi connectivity index (χ2n) is 8.88. The van der Waals surface area contributed by atoms with E-state index in [4.69, 9.17) is 4.74 Å². The number of hydrogen-bond donors (Lipinski definition) is 0. The minimum absolute atomic E-state index is 0.233. The number of nitrogens with zero attached hydrogens (tertiary/aromatic N) is 2. The van der Waals surface area contributed by atoms with Gasteiger partial charge in [0.15, 0.2) is 0 Å². The van der Waals surface area contributed by atoms with E-state index in [2.05, 4.69) is 36.1 Å². The topological polar surface area (TPSA) is 49.9 Å². The lowest BCUT2D eigenvalue weighted by atomic mass is 9.62. The zero-order valence-corrected chi connectivity index (χ0v) is 17.0. The Morgan fingerprint density at radius 2 is 1.79 bits per heavy atom. The lowest BCUT2D eigenvalue weighted by molar-refractivity contribution is -0.135. The predicted molar refractivity (Wildman–Crippen MR) is 108 cm³/mol. The molecular weight excluding hydrogens is 352 g/mol. The van der Waals surface area contributed by atoms with Crippen molar-refractivity contribution in [3.05, 3.63) is 35.4 Å². The summed E-state index contributed by atoms with van der Waals surface area (Å²) in [7, 11) is 0. The predicted octanol–water partition coefficient (Wildman–Crippen LogP) is 2.81.